The van der Waals surface area contributed by atoms with E-state index in [0.717, 1.165) is 0 Å². The summed E-state index contributed by atoms with van der Waals surface area (Å²) in [7, 11) is 0. The normalized spacial score (nSPS) is 11.1. The third-order valence-corrected chi connectivity index (χ3v) is 2.92. The Bertz CT molecular complexity index is 242. The van der Waals surface area contributed by atoms with Gasteiger partial charge in [-0.15, -0.1) is 0 Å². The van der Waals surface area contributed by atoms with E-state index in [1.54, 1.807) is 0 Å². The van der Waals surface area contributed by atoms with Crippen molar-refractivity contribution in [2.75, 3.05) is 0 Å². The topological polar surface area (TPSA) is 118 Å². The van der Waals surface area contributed by atoms with E-state index in [-0.39, 0.29) is 43.1 Å². The molecule has 0 aromatic rings. The van der Waals surface area contributed by atoms with Crippen molar-refractivity contribution in [3.63, 3.8) is 0 Å². The van der Waals surface area contributed by atoms with E-state index in [0.29, 0.717) is 0 Å². The molecule has 7 nitrogen and oxygen atoms in total. The molecule has 0 aliphatic carbocycles. The van der Waals surface area contributed by atoms with Crippen molar-refractivity contribution < 1.29 is 53.6 Å². The SMILES string of the molecule is S.[NaH].[O]=[Cr](=[O])([OH])[O][Cr](=[O])(=[O])[OH]. The first-order valence-electron chi connectivity index (χ1n) is 1.37. The van der Waals surface area contributed by atoms with E-state index in [1.807, 2.05) is 0 Å². The Labute approximate surface area is 95.6 Å². The van der Waals surface area contributed by atoms with E-state index in [4.69, 9.17) is 8.32 Å². The first kappa shape index (κ1) is 18.3. The molecule has 0 fully saturated rings. The third-order valence-electron chi connectivity index (χ3n) is 0.172. The van der Waals surface area contributed by atoms with Crippen LogP contribution >= 0.6 is 13.5 Å². The summed E-state index contributed by atoms with van der Waals surface area (Å²) >= 11 is -11.5. The molecule has 0 unspecified atom stereocenters. The van der Waals surface area contributed by atoms with E-state index < -0.39 is 27.2 Å². The Hall–Kier alpha value is 1.49. The van der Waals surface area contributed by atoms with E-state index in [9.17, 15) is 15.2 Å². The molecule has 66 valence electrons. The number of rotatable bonds is 2. The van der Waals surface area contributed by atoms with Crippen LogP contribution in [0.2, 0.25) is 0 Å². The zero-order valence-corrected chi connectivity index (χ0v) is 7.80. The average Bonchev–Trinajstić information content (AvgIpc) is 1.14. The minimum atomic E-state index is -5.76. The van der Waals surface area contributed by atoms with Crippen LogP contribution in [0, 0.1) is 0 Å². The molecule has 0 radical (unpaired) electrons. The summed E-state index contributed by atoms with van der Waals surface area (Å²) in [6.07, 6.45) is 0. The fraction of sp³-hybridized carbons (Fsp3) is 0. The number of hydrogen-bond acceptors (Lipinski definition) is 5. The van der Waals surface area contributed by atoms with Gasteiger partial charge in [-0.25, -0.2) is 0 Å². The molecule has 0 bridgehead atoms. The van der Waals surface area contributed by atoms with E-state index in [1.165, 1.54) is 0 Å². The molecule has 0 rings (SSSR count). The van der Waals surface area contributed by atoms with Crippen molar-refractivity contribution in [2.45, 2.75) is 0 Å². The Kier molecular flexibility index (Phi) is 10.0. The van der Waals surface area contributed by atoms with Crippen molar-refractivity contribution in [2.24, 2.45) is 0 Å². The van der Waals surface area contributed by atoms with Crippen molar-refractivity contribution in [3.05, 3.63) is 0 Å². The van der Waals surface area contributed by atoms with Gasteiger partial charge in [0.1, 0.15) is 0 Å². The first-order valence-corrected chi connectivity index (χ1v) is 5.63. The molecular weight excluding hydrogens is 271 g/mol. The van der Waals surface area contributed by atoms with Crippen LogP contribution in [0.3, 0.4) is 0 Å². The molecule has 0 saturated heterocycles. The van der Waals surface area contributed by atoms with Gasteiger partial charge in [0, 0.05) is 0 Å². The predicted molar refractivity (Wildman–Crippen MR) is 25.8 cm³/mol. The van der Waals surface area contributed by atoms with E-state index >= 15 is 0 Å². The van der Waals surface area contributed by atoms with Gasteiger partial charge in [0.15, 0.2) is 0 Å². The van der Waals surface area contributed by atoms with Gasteiger partial charge in [0.2, 0.25) is 0 Å². The van der Waals surface area contributed by atoms with Crippen LogP contribution in [-0.4, -0.2) is 37.9 Å². The molecule has 0 saturated carbocycles. The summed E-state index contributed by atoms with van der Waals surface area (Å²) in [4.78, 5) is 0. The summed E-state index contributed by atoms with van der Waals surface area (Å²) in [5.41, 5.74) is 0. The van der Waals surface area contributed by atoms with Gasteiger partial charge >= 0.3 is 83.2 Å². The molecule has 0 aromatic carbocycles. The van der Waals surface area contributed by atoms with Gasteiger partial charge in [-0.2, -0.15) is 13.5 Å². The van der Waals surface area contributed by atoms with Crippen LogP contribution in [-0.2, 0) is 45.3 Å². The van der Waals surface area contributed by atoms with Gasteiger partial charge in [-0.05, 0) is 0 Å². The zero-order chi connectivity index (χ0) is 7.71. The van der Waals surface area contributed by atoms with Crippen LogP contribution in [0.4, 0.5) is 0 Å². The zero-order valence-electron chi connectivity index (χ0n) is 4.25. The molecular formula is H5Cr2NaO7S. The molecule has 0 aliphatic heterocycles. The molecule has 2 N–H and O–H groups in total. The molecule has 0 aromatic heterocycles. The molecule has 0 heterocycles. The van der Waals surface area contributed by atoms with Crippen molar-refractivity contribution in [3.8, 4) is 0 Å². The van der Waals surface area contributed by atoms with Crippen LogP contribution in [0.1, 0.15) is 0 Å². The second-order valence-corrected chi connectivity index (χ2v) is 4.68. The second-order valence-electron chi connectivity index (χ2n) is 0.924. The molecule has 0 spiro atoms. The van der Waals surface area contributed by atoms with Crippen molar-refractivity contribution in [1.82, 2.24) is 0 Å². The van der Waals surface area contributed by atoms with Gasteiger partial charge in [-0.1, -0.05) is 0 Å². The monoisotopic (exact) mass is 276 g/mol. The van der Waals surface area contributed by atoms with Gasteiger partial charge < -0.3 is 0 Å². The van der Waals surface area contributed by atoms with Crippen molar-refractivity contribution in [1.29, 1.82) is 0 Å². The molecule has 11 heavy (non-hydrogen) atoms. The second kappa shape index (κ2) is 6.03. The summed E-state index contributed by atoms with van der Waals surface area (Å²) in [6, 6.07) is 0. The maximum absolute atomic E-state index is 9.53. The van der Waals surface area contributed by atoms with Crippen LogP contribution < -0.4 is 0 Å². The Morgan fingerprint density at radius 1 is 0.909 bits per heavy atom. The first-order chi connectivity index (χ1) is 3.71. The minimum absolute atomic E-state index is 0. The standard InChI is InChI=1S/2Cr.Na.2H2O.5O.H2S.H/h;;;2*1H2;;;;;;1H2;/q2*+1;;;;;;;;;;/p-2. The molecule has 0 amide bonds. The van der Waals surface area contributed by atoms with Gasteiger partial charge in [0.05, 0.1) is 0 Å². The summed E-state index contributed by atoms with van der Waals surface area (Å²) in [6.45, 7) is 0. The van der Waals surface area contributed by atoms with Gasteiger partial charge in [-0.3, -0.25) is 0 Å². The Morgan fingerprint density at radius 2 is 1.09 bits per heavy atom. The van der Waals surface area contributed by atoms with Crippen LogP contribution in [0.5, 0.6) is 0 Å². The number of hydrogen-bond donors (Lipinski definition) is 2. The predicted octanol–water partition coefficient (Wildman–Crippen LogP) is -2.20. The Morgan fingerprint density at radius 3 is 1.09 bits per heavy atom. The molecule has 0 atom stereocenters. The van der Waals surface area contributed by atoms with Crippen molar-refractivity contribution >= 4 is 43.1 Å². The Balaban J connectivity index is -0.000000320. The summed E-state index contributed by atoms with van der Waals surface area (Å²) in [5.74, 6) is 0. The fourth-order valence-electron chi connectivity index (χ4n) is 0.109. The van der Waals surface area contributed by atoms with Gasteiger partial charge in [0.25, 0.3) is 0 Å². The quantitative estimate of drug-likeness (QED) is 0.549. The fourth-order valence-corrected chi connectivity index (χ4v) is 1.85. The maximum atomic E-state index is 9.53. The van der Waals surface area contributed by atoms with E-state index in [2.05, 4.69) is 2.84 Å². The summed E-state index contributed by atoms with van der Waals surface area (Å²) < 4.78 is 56.3. The molecule has 0 aliphatic rings. The van der Waals surface area contributed by atoms with Crippen LogP contribution in [0.15, 0.2) is 0 Å². The third kappa shape index (κ3) is 18.4. The summed E-state index contributed by atoms with van der Waals surface area (Å²) in [5, 5.41) is 0. The average molecular weight is 276 g/mol. The van der Waals surface area contributed by atoms with Crippen LogP contribution in [0.25, 0.3) is 0 Å². The molecule has 11 heteroatoms.